The normalized spacial score (nSPS) is 14.6. The molecule has 2 aromatic carbocycles. The second-order valence-corrected chi connectivity index (χ2v) is 8.43. The molecule has 0 saturated carbocycles. The van der Waals surface area contributed by atoms with Crippen molar-refractivity contribution in [1.82, 2.24) is 0 Å². The van der Waals surface area contributed by atoms with E-state index in [0.29, 0.717) is 32.0 Å². The number of benzene rings is 2. The number of hydrogen-bond donors (Lipinski definition) is 0. The zero-order chi connectivity index (χ0) is 23.3. The zero-order valence-corrected chi connectivity index (χ0v) is 19.9. The average molecular weight is 494 g/mol. The molecule has 7 nitrogen and oxygen atoms in total. The van der Waals surface area contributed by atoms with Crippen LogP contribution in [0.25, 0.3) is 6.08 Å². The fourth-order valence-electron chi connectivity index (χ4n) is 2.87. The van der Waals surface area contributed by atoms with Crippen LogP contribution in [-0.4, -0.2) is 43.6 Å². The van der Waals surface area contributed by atoms with Gasteiger partial charge in [0.2, 0.25) is 0 Å². The lowest BCUT2D eigenvalue weighted by Gasteiger charge is -2.15. The number of rotatable bonds is 8. The molecule has 0 aromatic heterocycles. The molecule has 0 N–H and O–H groups in total. The molecule has 2 aromatic rings. The van der Waals surface area contributed by atoms with Crippen LogP contribution < -0.4 is 19.1 Å². The predicted molar refractivity (Wildman–Crippen MR) is 129 cm³/mol. The highest BCUT2D eigenvalue weighted by Crippen LogP contribution is 2.40. The standard InChI is InChI=1S/C22H20ClNO6S2/c1-4-29-19(25)12-30-20-16(23)9-13(10-17(20)28-3)11-18-21(26)24(22(31)32-18)14-5-7-15(27-2)8-6-14/h5-11H,4,12H2,1-3H3/b18-11+. The summed E-state index contributed by atoms with van der Waals surface area (Å²) in [5.41, 5.74) is 1.26. The van der Waals surface area contributed by atoms with E-state index in [1.165, 1.54) is 23.8 Å². The maximum atomic E-state index is 13.0. The number of hydrogen-bond acceptors (Lipinski definition) is 8. The highest BCUT2D eigenvalue weighted by molar-refractivity contribution is 8.27. The van der Waals surface area contributed by atoms with Crippen molar-refractivity contribution in [2.75, 3.05) is 32.3 Å². The number of nitrogens with zero attached hydrogens (tertiary/aromatic N) is 1. The van der Waals surface area contributed by atoms with Gasteiger partial charge in [0, 0.05) is 0 Å². The Bertz CT molecular complexity index is 1070. The van der Waals surface area contributed by atoms with Gasteiger partial charge in [0.15, 0.2) is 22.4 Å². The number of anilines is 1. The van der Waals surface area contributed by atoms with Crippen molar-refractivity contribution in [3.63, 3.8) is 0 Å². The Balaban J connectivity index is 1.84. The second kappa shape index (κ2) is 10.7. The van der Waals surface area contributed by atoms with Gasteiger partial charge in [-0.3, -0.25) is 9.69 Å². The zero-order valence-electron chi connectivity index (χ0n) is 17.5. The molecular weight excluding hydrogens is 474 g/mol. The van der Waals surface area contributed by atoms with E-state index in [-0.39, 0.29) is 29.9 Å². The summed E-state index contributed by atoms with van der Waals surface area (Å²) in [6.45, 7) is 1.65. The third-order valence-corrected chi connectivity index (χ3v) is 5.90. The van der Waals surface area contributed by atoms with E-state index < -0.39 is 5.97 Å². The van der Waals surface area contributed by atoms with Crippen LogP contribution in [0.1, 0.15) is 12.5 Å². The van der Waals surface area contributed by atoms with Gasteiger partial charge in [0.1, 0.15) is 5.75 Å². The molecule has 1 saturated heterocycles. The molecule has 0 radical (unpaired) electrons. The van der Waals surface area contributed by atoms with Crippen molar-refractivity contribution in [3.8, 4) is 17.2 Å². The summed E-state index contributed by atoms with van der Waals surface area (Å²) in [4.78, 5) is 26.5. The van der Waals surface area contributed by atoms with E-state index in [1.54, 1.807) is 56.5 Å². The Morgan fingerprint density at radius 2 is 1.91 bits per heavy atom. The largest absolute Gasteiger partial charge is 0.497 e. The summed E-state index contributed by atoms with van der Waals surface area (Å²) in [6.07, 6.45) is 1.67. The molecule has 0 spiro atoms. The smallest absolute Gasteiger partial charge is 0.344 e. The number of thioether (sulfide) groups is 1. The molecule has 0 unspecified atom stereocenters. The van der Waals surface area contributed by atoms with E-state index >= 15 is 0 Å². The number of carbonyl (C=O) groups excluding carboxylic acids is 2. The summed E-state index contributed by atoms with van der Waals surface area (Å²) in [5, 5.41) is 0.227. The molecule has 0 bridgehead atoms. The van der Waals surface area contributed by atoms with Crippen molar-refractivity contribution >= 4 is 63.5 Å². The first-order valence-electron chi connectivity index (χ1n) is 9.45. The fourth-order valence-corrected chi connectivity index (χ4v) is 4.44. The van der Waals surface area contributed by atoms with Gasteiger partial charge in [-0.2, -0.15) is 0 Å². The molecule has 3 rings (SSSR count). The topological polar surface area (TPSA) is 74.3 Å². The third kappa shape index (κ3) is 5.35. The molecule has 1 aliphatic heterocycles. The van der Waals surface area contributed by atoms with Crippen molar-refractivity contribution in [3.05, 3.63) is 51.9 Å². The second-order valence-electron chi connectivity index (χ2n) is 6.34. The maximum Gasteiger partial charge on any atom is 0.344 e. The molecule has 0 atom stereocenters. The molecule has 168 valence electrons. The summed E-state index contributed by atoms with van der Waals surface area (Å²) in [6, 6.07) is 10.3. The Morgan fingerprint density at radius 3 is 2.53 bits per heavy atom. The Labute approximate surface area is 200 Å². The summed E-state index contributed by atoms with van der Waals surface area (Å²) < 4.78 is 21.2. The molecular formula is C22H20ClNO6S2. The third-order valence-electron chi connectivity index (χ3n) is 4.31. The molecule has 1 heterocycles. The van der Waals surface area contributed by atoms with Crippen molar-refractivity contribution in [1.29, 1.82) is 0 Å². The van der Waals surface area contributed by atoms with Crippen LogP contribution in [0.3, 0.4) is 0 Å². The van der Waals surface area contributed by atoms with Gasteiger partial charge >= 0.3 is 5.97 Å². The molecule has 10 heteroatoms. The monoisotopic (exact) mass is 493 g/mol. The molecule has 1 fully saturated rings. The summed E-state index contributed by atoms with van der Waals surface area (Å²) in [7, 11) is 3.03. The molecule has 1 aliphatic rings. The summed E-state index contributed by atoms with van der Waals surface area (Å²) in [5.74, 6) is 0.449. The Hall–Kier alpha value is -2.75. The molecule has 1 amide bonds. The number of carbonyl (C=O) groups is 2. The van der Waals surface area contributed by atoms with Crippen molar-refractivity contribution in [2.24, 2.45) is 0 Å². The number of thiocarbonyl (C=S) groups is 1. The van der Waals surface area contributed by atoms with Gasteiger partial charge in [-0.25, -0.2) is 4.79 Å². The van der Waals surface area contributed by atoms with Gasteiger partial charge in [-0.15, -0.1) is 0 Å². The number of amides is 1. The molecule has 0 aliphatic carbocycles. The van der Waals surface area contributed by atoms with Crippen LogP contribution in [0, 0.1) is 0 Å². The first-order valence-corrected chi connectivity index (χ1v) is 11.1. The first-order chi connectivity index (χ1) is 15.4. The van der Waals surface area contributed by atoms with Gasteiger partial charge in [0.05, 0.1) is 36.4 Å². The SMILES string of the molecule is CCOC(=O)COc1c(Cl)cc(/C=C2/SC(=S)N(c3ccc(OC)cc3)C2=O)cc1OC. The van der Waals surface area contributed by atoms with Gasteiger partial charge in [-0.05, 0) is 55.0 Å². The van der Waals surface area contributed by atoms with Crippen LogP contribution >= 0.6 is 35.6 Å². The van der Waals surface area contributed by atoms with E-state index in [4.69, 9.17) is 42.8 Å². The minimum atomic E-state index is -0.517. The average Bonchev–Trinajstić information content (AvgIpc) is 3.05. The van der Waals surface area contributed by atoms with Gasteiger partial charge in [0.25, 0.3) is 5.91 Å². The van der Waals surface area contributed by atoms with E-state index in [9.17, 15) is 9.59 Å². The highest BCUT2D eigenvalue weighted by atomic mass is 35.5. The number of ether oxygens (including phenoxy) is 4. The lowest BCUT2D eigenvalue weighted by Crippen LogP contribution is -2.27. The van der Waals surface area contributed by atoms with E-state index in [0.717, 1.165) is 0 Å². The van der Waals surface area contributed by atoms with Gasteiger partial charge in [-0.1, -0.05) is 35.6 Å². The van der Waals surface area contributed by atoms with Crippen LogP contribution in [-0.2, 0) is 14.3 Å². The lowest BCUT2D eigenvalue weighted by molar-refractivity contribution is -0.145. The lowest BCUT2D eigenvalue weighted by atomic mass is 10.1. The number of methoxy groups -OCH3 is 2. The minimum absolute atomic E-state index is 0.213. The minimum Gasteiger partial charge on any atom is -0.497 e. The first kappa shape index (κ1) is 23.9. The number of halogens is 1. The summed E-state index contributed by atoms with van der Waals surface area (Å²) >= 11 is 12.9. The Morgan fingerprint density at radius 1 is 1.19 bits per heavy atom. The van der Waals surface area contributed by atoms with Crippen LogP contribution in [0.15, 0.2) is 41.3 Å². The van der Waals surface area contributed by atoms with E-state index in [1.807, 2.05) is 0 Å². The highest BCUT2D eigenvalue weighted by Gasteiger charge is 2.33. The van der Waals surface area contributed by atoms with Crippen LogP contribution in [0.2, 0.25) is 5.02 Å². The predicted octanol–water partition coefficient (Wildman–Crippen LogP) is 4.70. The van der Waals surface area contributed by atoms with Crippen LogP contribution in [0.4, 0.5) is 5.69 Å². The van der Waals surface area contributed by atoms with Crippen molar-refractivity contribution in [2.45, 2.75) is 6.92 Å². The van der Waals surface area contributed by atoms with Crippen molar-refractivity contribution < 1.29 is 28.5 Å². The fraction of sp³-hybridized carbons (Fsp3) is 0.227. The molecule has 32 heavy (non-hydrogen) atoms. The maximum absolute atomic E-state index is 13.0. The van der Waals surface area contributed by atoms with Crippen LogP contribution in [0.5, 0.6) is 17.2 Å². The van der Waals surface area contributed by atoms with E-state index in [2.05, 4.69) is 0 Å². The Kier molecular flexibility index (Phi) is 8.00. The van der Waals surface area contributed by atoms with Gasteiger partial charge < -0.3 is 18.9 Å². The number of esters is 1. The quantitative estimate of drug-likeness (QED) is 0.297.